The molecule has 5 aromatic rings. The number of ether oxygens (including phenoxy) is 3. The van der Waals surface area contributed by atoms with Crippen LogP contribution in [0.25, 0.3) is 22.0 Å². The van der Waals surface area contributed by atoms with Gasteiger partial charge >= 0.3 is 5.97 Å². The Morgan fingerprint density at radius 1 is 0.929 bits per heavy atom. The minimum absolute atomic E-state index is 0.0475. The quantitative estimate of drug-likeness (QED) is 0.109. The van der Waals surface area contributed by atoms with Crippen molar-refractivity contribution < 1.29 is 31.8 Å². The number of anilines is 2. The molecule has 0 unspecified atom stereocenters. The largest absolute Gasteiger partial charge is 0.497 e. The molecule has 56 heavy (non-hydrogen) atoms. The average molecular weight is 783 g/mol. The Morgan fingerprint density at radius 2 is 1.70 bits per heavy atom. The van der Waals surface area contributed by atoms with Gasteiger partial charge in [0, 0.05) is 61.8 Å². The van der Waals surface area contributed by atoms with Gasteiger partial charge in [0.1, 0.15) is 34.1 Å². The molecule has 1 aliphatic heterocycles. The SMILES string of the molecule is CCc1ncc(-c2cc(F)c3c(Nc4cc(OC5CCN(C6CCC6)CC5)cc(C(=O)OC)c4)c(S(=O)(=O)NCc4ccc(OC)cc4)cnc3c2)c(CC)n1. The number of carbonyl (C=O) groups excluding carboxylic acids is 1. The van der Waals surface area contributed by atoms with Crippen molar-refractivity contribution in [2.45, 2.75) is 82.4 Å². The molecule has 2 N–H and O–H groups in total. The third kappa shape index (κ3) is 8.47. The first-order valence-electron chi connectivity index (χ1n) is 19.1. The Kier molecular flexibility index (Phi) is 11.8. The maximum Gasteiger partial charge on any atom is 0.338 e. The zero-order chi connectivity index (χ0) is 39.4. The summed E-state index contributed by atoms with van der Waals surface area (Å²) < 4.78 is 64.3. The number of halogens is 1. The topological polar surface area (TPSA) is 145 Å². The number of aryl methyl sites for hydroxylation is 2. The highest BCUT2D eigenvalue weighted by Crippen LogP contribution is 2.38. The van der Waals surface area contributed by atoms with Crippen LogP contribution in [0.2, 0.25) is 0 Å². The highest BCUT2D eigenvalue weighted by Gasteiger charge is 2.30. The third-order valence-electron chi connectivity index (χ3n) is 10.6. The Labute approximate surface area is 326 Å². The molecule has 0 atom stereocenters. The van der Waals surface area contributed by atoms with E-state index >= 15 is 4.39 Å². The minimum Gasteiger partial charge on any atom is -0.497 e. The average Bonchev–Trinajstić information content (AvgIpc) is 3.19. The molecule has 2 fully saturated rings. The summed E-state index contributed by atoms with van der Waals surface area (Å²) in [5, 5.41) is 3.11. The molecular weight excluding hydrogens is 736 g/mol. The first-order chi connectivity index (χ1) is 27.1. The Hall–Kier alpha value is -5.18. The second-order valence-corrected chi connectivity index (χ2v) is 15.9. The molecule has 2 aliphatic rings. The van der Waals surface area contributed by atoms with Crippen LogP contribution in [0.5, 0.6) is 11.5 Å². The van der Waals surface area contributed by atoms with E-state index < -0.39 is 21.8 Å². The predicted octanol–water partition coefficient (Wildman–Crippen LogP) is 7.37. The van der Waals surface area contributed by atoms with E-state index in [1.165, 1.54) is 44.7 Å². The van der Waals surface area contributed by atoms with E-state index in [1.54, 1.807) is 55.8 Å². The van der Waals surface area contributed by atoms with Crippen LogP contribution in [-0.2, 0) is 34.1 Å². The molecule has 1 aliphatic carbocycles. The van der Waals surface area contributed by atoms with Gasteiger partial charge in [0.2, 0.25) is 10.0 Å². The molecule has 3 heterocycles. The summed E-state index contributed by atoms with van der Waals surface area (Å²) in [7, 11) is -1.47. The molecule has 0 spiro atoms. The Balaban J connectivity index is 1.28. The van der Waals surface area contributed by atoms with Crippen LogP contribution in [0.1, 0.15) is 73.4 Å². The van der Waals surface area contributed by atoms with Crippen molar-refractivity contribution in [2.24, 2.45) is 0 Å². The van der Waals surface area contributed by atoms with Crippen molar-refractivity contribution in [3.8, 4) is 22.6 Å². The molecule has 7 rings (SSSR count). The van der Waals surface area contributed by atoms with Gasteiger partial charge < -0.3 is 24.4 Å². The summed E-state index contributed by atoms with van der Waals surface area (Å²) in [6.45, 7) is 5.75. The number of methoxy groups -OCH3 is 2. The predicted molar refractivity (Wildman–Crippen MR) is 212 cm³/mol. The van der Waals surface area contributed by atoms with Crippen molar-refractivity contribution in [1.29, 1.82) is 0 Å². The second-order valence-electron chi connectivity index (χ2n) is 14.2. The highest BCUT2D eigenvalue weighted by molar-refractivity contribution is 7.89. The lowest BCUT2D eigenvalue weighted by molar-refractivity contribution is 0.0490. The standard InChI is InChI=1S/C42H47FN6O6S/c1-5-36-34(24-45-39(6-2)48-36)27-20-35(43)40-37(21-27)44-25-38(56(51,52)46-23-26-10-12-31(53-3)13-11-26)41(40)47-29-18-28(42(50)54-4)19-33(22-29)55-32-14-16-49(17-15-32)30-8-7-9-30/h10-13,18-22,24-25,30,32,46H,5-9,14-17,23H2,1-4H3,(H,44,47). The number of piperidine rings is 1. The number of nitrogens with one attached hydrogen (secondary N) is 2. The number of aromatic nitrogens is 3. The number of carbonyl (C=O) groups is 1. The fourth-order valence-corrected chi connectivity index (χ4v) is 8.43. The monoisotopic (exact) mass is 782 g/mol. The summed E-state index contributed by atoms with van der Waals surface area (Å²) in [5.41, 5.74) is 3.24. The lowest BCUT2D eigenvalue weighted by Gasteiger charge is -2.41. The zero-order valence-corrected chi connectivity index (χ0v) is 32.9. The van der Waals surface area contributed by atoms with Gasteiger partial charge in [-0.05, 0) is 79.6 Å². The number of nitrogens with zero attached hydrogens (tertiary/aromatic N) is 4. The summed E-state index contributed by atoms with van der Waals surface area (Å²) in [4.78, 5) is 28.8. The lowest BCUT2D eigenvalue weighted by Crippen LogP contribution is -2.46. The Morgan fingerprint density at radius 3 is 2.36 bits per heavy atom. The fraction of sp³-hybridized carbons (Fsp3) is 0.381. The number of esters is 1. The Bertz CT molecular complexity index is 2330. The lowest BCUT2D eigenvalue weighted by atomic mass is 9.90. The van der Waals surface area contributed by atoms with Gasteiger partial charge in [0.15, 0.2) is 0 Å². The van der Waals surface area contributed by atoms with Crippen LogP contribution in [0, 0.1) is 5.82 Å². The van der Waals surface area contributed by atoms with Crippen molar-refractivity contribution >= 4 is 38.3 Å². The molecule has 14 heteroatoms. The van der Waals surface area contributed by atoms with Gasteiger partial charge in [-0.3, -0.25) is 4.98 Å². The van der Waals surface area contributed by atoms with Crippen LogP contribution in [0.4, 0.5) is 15.8 Å². The molecule has 3 aromatic carbocycles. The molecular formula is C42H47FN6O6S. The van der Waals surface area contributed by atoms with Crippen molar-refractivity contribution in [3.63, 3.8) is 0 Å². The fourth-order valence-electron chi connectivity index (χ4n) is 7.30. The minimum atomic E-state index is -4.31. The maximum atomic E-state index is 16.7. The van der Waals surface area contributed by atoms with Gasteiger partial charge in [0.05, 0.1) is 42.1 Å². The van der Waals surface area contributed by atoms with Gasteiger partial charge in [-0.1, -0.05) is 32.4 Å². The van der Waals surface area contributed by atoms with E-state index in [0.29, 0.717) is 58.6 Å². The molecule has 0 bridgehead atoms. The van der Waals surface area contributed by atoms with Crippen LogP contribution in [-0.4, -0.2) is 73.7 Å². The van der Waals surface area contributed by atoms with E-state index in [4.69, 9.17) is 14.2 Å². The third-order valence-corrected chi connectivity index (χ3v) is 12.1. The second kappa shape index (κ2) is 16.9. The van der Waals surface area contributed by atoms with Crippen LogP contribution >= 0.6 is 0 Å². The van der Waals surface area contributed by atoms with Gasteiger partial charge in [-0.2, -0.15) is 0 Å². The van der Waals surface area contributed by atoms with Gasteiger partial charge in [-0.25, -0.2) is 32.3 Å². The molecule has 1 saturated heterocycles. The molecule has 0 radical (unpaired) electrons. The number of likely N-dealkylation sites (tertiary alicyclic amines) is 1. The van der Waals surface area contributed by atoms with E-state index in [9.17, 15) is 13.2 Å². The summed E-state index contributed by atoms with van der Waals surface area (Å²) in [6, 6.07) is 15.5. The van der Waals surface area contributed by atoms with Crippen molar-refractivity contribution in [2.75, 3.05) is 32.6 Å². The number of hydrogen-bond donors (Lipinski definition) is 2. The number of rotatable bonds is 14. The number of hydrogen-bond acceptors (Lipinski definition) is 11. The summed E-state index contributed by atoms with van der Waals surface area (Å²) in [6.07, 6.45) is 9.49. The summed E-state index contributed by atoms with van der Waals surface area (Å²) in [5.74, 6) is 0.409. The normalized spacial score (nSPS) is 15.4. The van der Waals surface area contributed by atoms with Crippen molar-refractivity contribution in [1.82, 2.24) is 24.6 Å². The number of benzene rings is 3. The molecule has 12 nitrogen and oxygen atoms in total. The van der Waals surface area contributed by atoms with E-state index in [2.05, 4.69) is 29.9 Å². The van der Waals surface area contributed by atoms with Crippen LogP contribution in [0.3, 0.4) is 0 Å². The molecule has 294 valence electrons. The van der Waals surface area contributed by atoms with Crippen molar-refractivity contribution in [3.05, 3.63) is 95.5 Å². The van der Waals surface area contributed by atoms with E-state index in [-0.39, 0.29) is 39.7 Å². The first-order valence-corrected chi connectivity index (χ1v) is 20.6. The molecule has 0 amide bonds. The number of sulfonamides is 1. The zero-order valence-electron chi connectivity index (χ0n) is 32.1. The molecule has 2 aromatic heterocycles. The van der Waals surface area contributed by atoms with E-state index in [1.807, 2.05) is 13.8 Å². The van der Waals surface area contributed by atoms with E-state index in [0.717, 1.165) is 31.6 Å². The van der Waals surface area contributed by atoms with Crippen LogP contribution in [0.15, 0.2) is 71.9 Å². The van der Waals surface area contributed by atoms with Gasteiger partial charge in [-0.15, -0.1) is 0 Å². The smallest absolute Gasteiger partial charge is 0.338 e. The summed E-state index contributed by atoms with van der Waals surface area (Å²) >= 11 is 0. The molecule has 1 saturated carbocycles. The highest BCUT2D eigenvalue weighted by atomic mass is 32.2. The maximum absolute atomic E-state index is 16.7. The van der Waals surface area contributed by atoms with Gasteiger partial charge in [0.25, 0.3) is 0 Å². The number of pyridine rings is 1. The van der Waals surface area contributed by atoms with Crippen LogP contribution < -0.4 is 19.5 Å². The first kappa shape index (κ1) is 39.1. The number of fused-ring (bicyclic) bond motifs is 1.